The Balaban J connectivity index is 2.95. The van der Waals surface area contributed by atoms with Crippen molar-refractivity contribution in [3.8, 4) is 6.07 Å². The van der Waals surface area contributed by atoms with Crippen LogP contribution in [0.3, 0.4) is 0 Å². The summed E-state index contributed by atoms with van der Waals surface area (Å²) in [6.07, 6.45) is 0. The molecule has 0 saturated heterocycles. The summed E-state index contributed by atoms with van der Waals surface area (Å²) in [6.45, 7) is 1.72. The maximum atomic E-state index is 11.3. The molecule has 0 spiro atoms. The van der Waals surface area contributed by atoms with Crippen molar-refractivity contribution in [1.82, 2.24) is 0 Å². The Hall–Kier alpha value is -2.75. The first-order valence-electron chi connectivity index (χ1n) is 5.39. The molecule has 0 radical (unpaired) electrons. The minimum absolute atomic E-state index is 0.0631. The molecule has 0 heterocycles. The molecule has 0 aliphatic rings. The SMILES string of the molecule is CCOC(=O)C(C#N)N=Nc1ccccc1C(=O)O. The number of nitriles is 1. The Morgan fingerprint density at radius 1 is 1.47 bits per heavy atom. The van der Waals surface area contributed by atoms with Crippen LogP contribution < -0.4 is 0 Å². The second-order valence-corrected chi connectivity index (χ2v) is 3.32. The molecule has 1 unspecified atom stereocenters. The predicted octanol–water partition coefficient (Wildman–Crippen LogP) is 1.92. The summed E-state index contributed by atoms with van der Waals surface area (Å²) in [7, 11) is 0. The highest BCUT2D eigenvalue weighted by Crippen LogP contribution is 2.19. The van der Waals surface area contributed by atoms with Crippen LogP contribution in [0.15, 0.2) is 34.5 Å². The minimum Gasteiger partial charge on any atom is -0.478 e. The van der Waals surface area contributed by atoms with E-state index in [1.165, 1.54) is 18.2 Å². The number of carboxylic acids is 1. The molecule has 7 nitrogen and oxygen atoms in total. The molecule has 1 aromatic carbocycles. The van der Waals surface area contributed by atoms with E-state index in [0.717, 1.165) is 0 Å². The lowest BCUT2D eigenvalue weighted by molar-refractivity contribution is -0.143. The second-order valence-electron chi connectivity index (χ2n) is 3.32. The summed E-state index contributed by atoms with van der Waals surface area (Å²) in [5.41, 5.74) is 0.00588. The van der Waals surface area contributed by atoms with Crippen molar-refractivity contribution in [3.63, 3.8) is 0 Å². The molecule has 19 heavy (non-hydrogen) atoms. The molecule has 0 fully saturated rings. The first-order valence-corrected chi connectivity index (χ1v) is 5.39. The first-order chi connectivity index (χ1) is 9.10. The molecule has 1 N–H and O–H groups in total. The average molecular weight is 261 g/mol. The highest BCUT2D eigenvalue weighted by molar-refractivity contribution is 5.93. The summed E-state index contributed by atoms with van der Waals surface area (Å²) in [5.74, 6) is -1.99. The van der Waals surface area contributed by atoms with Crippen molar-refractivity contribution < 1.29 is 19.4 Å². The van der Waals surface area contributed by atoms with E-state index in [1.807, 2.05) is 0 Å². The van der Waals surface area contributed by atoms with Crippen molar-refractivity contribution in [2.24, 2.45) is 10.2 Å². The van der Waals surface area contributed by atoms with Crippen LogP contribution >= 0.6 is 0 Å². The Kier molecular flexibility index (Phi) is 5.17. The van der Waals surface area contributed by atoms with Gasteiger partial charge in [-0.3, -0.25) is 0 Å². The molecule has 0 bridgehead atoms. The standard InChI is InChI=1S/C12H11N3O4/c1-2-19-12(18)10(7-13)15-14-9-6-4-3-5-8(9)11(16)17/h3-6,10H,2H2,1H3,(H,16,17). The van der Waals surface area contributed by atoms with Gasteiger partial charge in [-0.15, -0.1) is 0 Å². The van der Waals surface area contributed by atoms with Gasteiger partial charge in [0.15, 0.2) is 0 Å². The zero-order valence-electron chi connectivity index (χ0n) is 10.1. The fourth-order valence-electron chi connectivity index (χ4n) is 1.21. The number of nitrogens with zero attached hydrogens (tertiary/aromatic N) is 3. The Morgan fingerprint density at radius 3 is 2.74 bits per heavy atom. The molecular formula is C12H11N3O4. The molecule has 1 atom stereocenters. The molecule has 7 heteroatoms. The number of carbonyl (C=O) groups is 2. The Labute approximate surface area is 109 Å². The van der Waals surface area contributed by atoms with Gasteiger partial charge in [0.1, 0.15) is 6.07 Å². The van der Waals surface area contributed by atoms with Gasteiger partial charge >= 0.3 is 11.9 Å². The number of hydrogen-bond donors (Lipinski definition) is 1. The third-order valence-electron chi connectivity index (χ3n) is 2.05. The molecular weight excluding hydrogens is 250 g/mol. The normalized spacial score (nSPS) is 11.8. The fourth-order valence-corrected chi connectivity index (χ4v) is 1.21. The second kappa shape index (κ2) is 6.86. The van der Waals surface area contributed by atoms with Gasteiger partial charge in [0.2, 0.25) is 0 Å². The summed E-state index contributed by atoms with van der Waals surface area (Å²) in [5, 5.41) is 24.8. The zero-order valence-corrected chi connectivity index (χ0v) is 10.1. The lowest BCUT2D eigenvalue weighted by atomic mass is 10.2. The van der Waals surface area contributed by atoms with Crippen molar-refractivity contribution in [1.29, 1.82) is 5.26 Å². The predicted molar refractivity (Wildman–Crippen MR) is 64.0 cm³/mol. The topological polar surface area (TPSA) is 112 Å². The van der Waals surface area contributed by atoms with Gasteiger partial charge in [-0.1, -0.05) is 12.1 Å². The number of aromatic carboxylic acids is 1. The summed E-state index contributed by atoms with van der Waals surface area (Å²) in [4.78, 5) is 22.2. The smallest absolute Gasteiger partial charge is 0.347 e. The third-order valence-corrected chi connectivity index (χ3v) is 2.05. The number of azo groups is 1. The minimum atomic E-state index is -1.40. The van der Waals surface area contributed by atoms with E-state index >= 15 is 0 Å². The Bertz CT molecular complexity index is 548. The maximum Gasteiger partial charge on any atom is 0.347 e. The lowest BCUT2D eigenvalue weighted by Crippen LogP contribution is -2.19. The quantitative estimate of drug-likeness (QED) is 0.642. The molecule has 1 rings (SSSR count). The van der Waals surface area contributed by atoms with Crippen LogP contribution in [0.1, 0.15) is 17.3 Å². The van der Waals surface area contributed by atoms with Gasteiger partial charge in [0.05, 0.1) is 17.9 Å². The summed E-state index contributed by atoms with van der Waals surface area (Å²) >= 11 is 0. The van der Waals surface area contributed by atoms with E-state index in [-0.39, 0.29) is 17.9 Å². The van der Waals surface area contributed by atoms with Crippen molar-refractivity contribution >= 4 is 17.6 Å². The lowest BCUT2D eigenvalue weighted by Gasteiger charge is -2.02. The first kappa shape index (κ1) is 14.3. The van der Waals surface area contributed by atoms with Crippen molar-refractivity contribution in [2.75, 3.05) is 6.61 Å². The number of rotatable bonds is 5. The molecule has 0 aromatic heterocycles. The van der Waals surface area contributed by atoms with Crippen LogP contribution in [-0.2, 0) is 9.53 Å². The average Bonchev–Trinajstić information content (AvgIpc) is 2.40. The van der Waals surface area contributed by atoms with E-state index in [1.54, 1.807) is 19.1 Å². The van der Waals surface area contributed by atoms with Crippen molar-refractivity contribution in [3.05, 3.63) is 29.8 Å². The van der Waals surface area contributed by atoms with Crippen LogP contribution in [0, 0.1) is 11.3 Å². The molecule has 98 valence electrons. The van der Waals surface area contributed by atoms with Crippen molar-refractivity contribution in [2.45, 2.75) is 13.0 Å². The third kappa shape index (κ3) is 3.89. The monoisotopic (exact) mass is 261 g/mol. The van der Waals surface area contributed by atoms with E-state index in [0.29, 0.717) is 0 Å². The van der Waals surface area contributed by atoms with Gasteiger partial charge in [-0.25, -0.2) is 9.59 Å². The highest BCUT2D eigenvalue weighted by Gasteiger charge is 2.18. The van der Waals surface area contributed by atoms with Crippen LogP contribution in [0.4, 0.5) is 5.69 Å². The molecule has 1 aromatic rings. The largest absolute Gasteiger partial charge is 0.478 e. The fraction of sp³-hybridized carbons (Fsp3) is 0.250. The van der Waals surface area contributed by atoms with Gasteiger partial charge in [-0.2, -0.15) is 15.5 Å². The molecule has 0 amide bonds. The molecule has 0 aliphatic carbocycles. The van der Waals surface area contributed by atoms with Gasteiger partial charge in [-0.05, 0) is 19.1 Å². The summed E-state index contributed by atoms with van der Waals surface area (Å²) < 4.78 is 4.63. The van der Waals surface area contributed by atoms with Gasteiger partial charge in [0.25, 0.3) is 6.04 Å². The van der Waals surface area contributed by atoms with Crippen LogP contribution in [0.25, 0.3) is 0 Å². The number of carboxylic acid groups (broad SMARTS) is 1. The number of hydrogen-bond acceptors (Lipinski definition) is 6. The zero-order chi connectivity index (χ0) is 14.3. The number of carbonyl (C=O) groups excluding carboxylic acids is 1. The summed E-state index contributed by atoms with van der Waals surface area (Å²) in [6, 6.07) is 6.11. The van der Waals surface area contributed by atoms with Crippen LogP contribution in [0.2, 0.25) is 0 Å². The van der Waals surface area contributed by atoms with Crippen LogP contribution in [0.5, 0.6) is 0 Å². The molecule has 0 aliphatic heterocycles. The van der Waals surface area contributed by atoms with Gasteiger partial charge < -0.3 is 9.84 Å². The van der Waals surface area contributed by atoms with E-state index in [9.17, 15) is 9.59 Å². The van der Waals surface area contributed by atoms with E-state index < -0.39 is 18.0 Å². The number of ether oxygens (including phenoxy) is 1. The van der Waals surface area contributed by atoms with Crippen LogP contribution in [-0.4, -0.2) is 29.7 Å². The molecule has 0 saturated carbocycles. The number of esters is 1. The van der Waals surface area contributed by atoms with E-state index in [2.05, 4.69) is 15.0 Å². The van der Waals surface area contributed by atoms with Gasteiger partial charge in [0, 0.05) is 0 Å². The number of benzene rings is 1. The Morgan fingerprint density at radius 2 is 2.16 bits per heavy atom. The highest BCUT2D eigenvalue weighted by atomic mass is 16.5. The van der Waals surface area contributed by atoms with E-state index in [4.69, 9.17) is 10.4 Å². The maximum absolute atomic E-state index is 11.3.